The van der Waals surface area contributed by atoms with E-state index in [0.29, 0.717) is 31.1 Å². The highest BCUT2D eigenvalue weighted by Gasteiger charge is 2.20. The summed E-state index contributed by atoms with van der Waals surface area (Å²) in [5, 5.41) is 5.68. The summed E-state index contributed by atoms with van der Waals surface area (Å²) < 4.78 is 13.5. The minimum Gasteiger partial charge on any atom is -0.355 e. The first-order chi connectivity index (χ1) is 12.4. The third-order valence-electron chi connectivity index (χ3n) is 4.34. The van der Waals surface area contributed by atoms with Gasteiger partial charge >= 0.3 is 0 Å². The fraction of sp³-hybridized carbons (Fsp3) is 0.579. The van der Waals surface area contributed by atoms with Gasteiger partial charge in [0.1, 0.15) is 5.82 Å². The van der Waals surface area contributed by atoms with Gasteiger partial charge in [-0.05, 0) is 12.0 Å². The highest BCUT2D eigenvalue weighted by molar-refractivity contribution is 5.78. The van der Waals surface area contributed by atoms with Crippen molar-refractivity contribution in [2.24, 2.45) is 5.92 Å². The Morgan fingerprint density at radius 1 is 1.00 bits per heavy atom. The van der Waals surface area contributed by atoms with Gasteiger partial charge in [-0.3, -0.25) is 19.4 Å². The number of halogens is 1. The van der Waals surface area contributed by atoms with E-state index in [1.54, 1.807) is 18.2 Å². The van der Waals surface area contributed by atoms with Crippen LogP contribution in [0, 0.1) is 11.7 Å². The smallest absolute Gasteiger partial charge is 0.234 e. The lowest BCUT2D eigenvalue weighted by atomic mass is 10.2. The van der Waals surface area contributed by atoms with Gasteiger partial charge in [0.2, 0.25) is 11.8 Å². The quantitative estimate of drug-likeness (QED) is 0.717. The van der Waals surface area contributed by atoms with E-state index in [-0.39, 0.29) is 24.2 Å². The van der Waals surface area contributed by atoms with Crippen LogP contribution >= 0.6 is 0 Å². The first-order valence-corrected chi connectivity index (χ1v) is 9.15. The standard InChI is InChI=1S/C19H29FN4O2/c1-15(2)11-21-18(25)13-23-7-9-24(10-8-23)14-19(26)22-12-16-5-3-4-6-17(16)20/h3-6,15H,7-14H2,1-2H3,(H,21,25)(H,22,26). The maximum Gasteiger partial charge on any atom is 0.234 e. The summed E-state index contributed by atoms with van der Waals surface area (Å²) in [6.45, 7) is 8.72. The minimum atomic E-state index is -0.308. The van der Waals surface area contributed by atoms with Crippen LogP contribution in [0.15, 0.2) is 24.3 Å². The summed E-state index contributed by atoms with van der Waals surface area (Å²) in [5.74, 6) is 0.0713. The molecule has 0 radical (unpaired) electrons. The lowest BCUT2D eigenvalue weighted by Gasteiger charge is -2.33. The zero-order valence-electron chi connectivity index (χ0n) is 15.6. The first-order valence-electron chi connectivity index (χ1n) is 9.15. The minimum absolute atomic E-state index is 0.0507. The summed E-state index contributed by atoms with van der Waals surface area (Å²) in [7, 11) is 0. The fourth-order valence-electron chi connectivity index (χ4n) is 2.78. The van der Waals surface area contributed by atoms with Crippen molar-refractivity contribution in [2.45, 2.75) is 20.4 Å². The number of rotatable bonds is 8. The van der Waals surface area contributed by atoms with Gasteiger partial charge in [-0.1, -0.05) is 32.0 Å². The third-order valence-corrected chi connectivity index (χ3v) is 4.34. The molecule has 1 aliphatic rings. The number of piperazine rings is 1. The predicted molar refractivity (Wildman–Crippen MR) is 99.0 cm³/mol. The molecule has 0 aromatic heterocycles. The molecule has 6 nitrogen and oxygen atoms in total. The van der Waals surface area contributed by atoms with Crippen molar-refractivity contribution >= 4 is 11.8 Å². The van der Waals surface area contributed by atoms with Crippen LogP contribution in [0.3, 0.4) is 0 Å². The van der Waals surface area contributed by atoms with Gasteiger partial charge in [-0.15, -0.1) is 0 Å². The van der Waals surface area contributed by atoms with Gasteiger partial charge in [0.25, 0.3) is 0 Å². The van der Waals surface area contributed by atoms with Crippen molar-refractivity contribution in [2.75, 3.05) is 45.8 Å². The van der Waals surface area contributed by atoms with E-state index in [4.69, 9.17) is 0 Å². The zero-order chi connectivity index (χ0) is 18.9. The Hall–Kier alpha value is -1.99. The Balaban J connectivity index is 1.64. The second-order valence-electron chi connectivity index (χ2n) is 7.12. The second kappa shape index (κ2) is 10.2. The lowest BCUT2D eigenvalue weighted by molar-refractivity contribution is -0.125. The number of nitrogens with one attached hydrogen (secondary N) is 2. The molecule has 1 aromatic rings. The molecule has 0 unspecified atom stereocenters. The molecule has 7 heteroatoms. The Morgan fingerprint density at radius 3 is 2.08 bits per heavy atom. The normalized spacial score (nSPS) is 15.8. The average Bonchev–Trinajstić information content (AvgIpc) is 2.61. The maximum atomic E-state index is 13.5. The van der Waals surface area contributed by atoms with Crippen LogP contribution in [0.1, 0.15) is 19.4 Å². The van der Waals surface area contributed by atoms with Crippen LogP contribution in [0.2, 0.25) is 0 Å². The molecule has 0 spiro atoms. The fourth-order valence-corrected chi connectivity index (χ4v) is 2.78. The molecule has 0 atom stereocenters. The van der Waals surface area contributed by atoms with Crippen molar-refractivity contribution in [1.82, 2.24) is 20.4 Å². The Kier molecular flexibility index (Phi) is 8.00. The highest BCUT2D eigenvalue weighted by atomic mass is 19.1. The van der Waals surface area contributed by atoms with E-state index >= 15 is 0 Å². The maximum absolute atomic E-state index is 13.5. The molecule has 1 saturated heterocycles. The summed E-state index contributed by atoms with van der Waals surface area (Å²) in [5.41, 5.74) is 0.484. The predicted octanol–water partition coefficient (Wildman–Crippen LogP) is 0.832. The van der Waals surface area contributed by atoms with Crippen molar-refractivity contribution in [1.29, 1.82) is 0 Å². The topological polar surface area (TPSA) is 64.7 Å². The number of hydrogen-bond acceptors (Lipinski definition) is 4. The van der Waals surface area contributed by atoms with E-state index in [0.717, 1.165) is 26.2 Å². The molecular weight excluding hydrogens is 335 g/mol. The SMILES string of the molecule is CC(C)CNC(=O)CN1CCN(CC(=O)NCc2ccccc2F)CC1. The number of benzene rings is 1. The molecule has 0 aliphatic carbocycles. The van der Waals surface area contributed by atoms with Crippen LogP contribution in [0.5, 0.6) is 0 Å². The van der Waals surface area contributed by atoms with Crippen molar-refractivity contribution in [3.8, 4) is 0 Å². The third kappa shape index (κ3) is 7.09. The van der Waals surface area contributed by atoms with Crippen molar-refractivity contribution < 1.29 is 14.0 Å². The highest BCUT2D eigenvalue weighted by Crippen LogP contribution is 2.06. The van der Waals surface area contributed by atoms with Crippen LogP contribution in [0.4, 0.5) is 4.39 Å². The lowest BCUT2D eigenvalue weighted by Crippen LogP contribution is -2.51. The average molecular weight is 364 g/mol. The van der Waals surface area contributed by atoms with E-state index in [2.05, 4.69) is 34.3 Å². The molecule has 1 aromatic carbocycles. The van der Waals surface area contributed by atoms with Crippen molar-refractivity contribution in [3.63, 3.8) is 0 Å². The summed E-state index contributed by atoms with van der Waals surface area (Å²) >= 11 is 0. The van der Waals surface area contributed by atoms with Gasteiger partial charge in [0, 0.05) is 44.8 Å². The number of amides is 2. The molecule has 2 rings (SSSR count). The molecule has 0 bridgehead atoms. The number of nitrogens with zero attached hydrogens (tertiary/aromatic N) is 2. The number of carbonyl (C=O) groups is 2. The first kappa shape index (κ1) is 20.3. The zero-order valence-corrected chi connectivity index (χ0v) is 15.6. The molecule has 144 valence electrons. The van der Waals surface area contributed by atoms with E-state index in [1.165, 1.54) is 6.07 Å². The van der Waals surface area contributed by atoms with Gasteiger partial charge < -0.3 is 10.6 Å². The molecule has 0 saturated carbocycles. The number of hydrogen-bond donors (Lipinski definition) is 2. The van der Waals surface area contributed by atoms with E-state index < -0.39 is 0 Å². The van der Waals surface area contributed by atoms with Crippen LogP contribution < -0.4 is 10.6 Å². The van der Waals surface area contributed by atoms with Crippen molar-refractivity contribution in [3.05, 3.63) is 35.6 Å². The molecule has 2 N–H and O–H groups in total. The van der Waals surface area contributed by atoms with Crippen LogP contribution in [-0.4, -0.2) is 67.4 Å². The molecule has 1 fully saturated rings. The van der Waals surface area contributed by atoms with Crippen LogP contribution in [-0.2, 0) is 16.1 Å². The van der Waals surface area contributed by atoms with E-state index in [1.807, 2.05) is 0 Å². The largest absolute Gasteiger partial charge is 0.355 e. The molecule has 1 heterocycles. The molecule has 2 amide bonds. The molecule has 1 aliphatic heterocycles. The Morgan fingerprint density at radius 2 is 1.54 bits per heavy atom. The molecular formula is C19H29FN4O2. The summed E-state index contributed by atoms with van der Waals surface area (Å²) in [4.78, 5) is 28.1. The Bertz CT molecular complexity index is 601. The van der Waals surface area contributed by atoms with Crippen LogP contribution in [0.25, 0.3) is 0 Å². The van der Waals surface area contributed by atoms with Gasteiger partial charge in [-0.25, -0.2) is 4.39 Å². The second-order valence-corrected chi connectivity index (χ2v) is 7.12. The van der Waals surface area contributed by atoms with E-state index in [9.17, 15) is 14.0 Å². The molecule has 26 heavy (non-hydrogen) atoms. The Labute approximate surface area is 154 Å². The monoisotopic (exact) mass is 364 g/mol. The summed E-state index contributed by atoms with van der Waals surface area (Å²) in [6, 6.07) is 6.43. The number of carbonyl (C=O) groups excluding carboxylic acids is 2. The van der Waals surface area contributed by atoms with Gasteiger partial charge in [0.05, 0.1) is 13.1 Å². The van der Waals surface area contributed by atoms with Gasteiger partial charge in [0.15, 0.2) is 0 Å². The van der Waals surface area contributed by atoms with Gasteiger partial charge in [-0.2, -0.15) is 0 Å². The summed E-state index contributed by atoms with van der Waals surface area (Å²) in [6.07, 6.45) is 0.